The fraction of sp³-hybridized carbons (Fsp3) is 0.860. The molecule has 21 nitrogen and oxygen atoms in total. The van der Waals surface area contributed by atoms with E-state index in [1.165, 1.54) is 12.8 Å². The van der Waals surface area contributed by atoms with E-state index in [0.717, 1.165) is 45.1 Å². The quantitative estimate of drug-likeness (QED) is 0.0287. The molecule has 0 aromatic rings. The highest BCUT2D eigenvalue weighted by molar-refractivity contribution is 5.77. The number of methoxy groups -OCH3 is 1. The molecule has 71 heavy (non-hydrogen) atoms. The highest BCUT2D eigenvalue weighted by Crippen LogP contribution is 2.15. The van der Waals surface area contributed by atoms with Crippen LogP contribution in [0, 0.1) is 0 Å². The van der Waals surface area contributed by atoms with Crippen molar-refractivity contribution in [1.82, 2.24) is 37.2 Å². The number of carbonyl (C=O) groups excluding carboxylic acids is 7. The van der Waals surface area contributed by atoms with Crippen molar-refractivity contribution < 1.29 is 66.7 Å². The van der Waals surface area contributed by atoms with Crippen LogP contribution in [0.25, 0.3) is 0 Å². The Labute approximate surface area is 424 Å². The highest BCUT2D eigenvalue weighted by atomic mass is 16.6. The molecular formula is C50H95N7O14. The molecule has 7 amide bonds. The lowest BCUT2D eigenvalue weighted by Gasteiger charge is -2.34. The van der Waals surface area contributed by atoms with Gasteiger partial charge in [-0.25, -0.2) is 14.4 Å². The predicted octanol–water partition coefficient (Wildman–Crippen LogP) is 5.70. The molecule has 7 N–H and O–H groups in total. The molecule has 414 valence electrons. The monoisotopic (exact) mass is 1020 g/mol. The number of alkyl carbamates (subject to hydrolysis) is 3. The second-order valence-corrected chi connectivity index (χ2v) is 20.6. The number of hydrogen-bond acceptors (Lipinski definition) is 14. The number of hydrogen-bond donors (Lipinski definition) is 7. The Kier molecular flexibility index (Phi) is 36.6. The Bertz CT molecular complexity index is 1360. The minimum absolute atomic E-state index is 0.00236. The van der Waals surface area contributed by atoms with Crippen molar-refractivity contribution >= 4 is 41.9 Å². The zero-order valence-electron chi connectivity index (χ0n) is 45.2. The minimum atomic E-state index is -1.25. The Morgan fingerprint density at radius 3 is 0.944 bits per heavy atom. The summed E-state index contributed by atoms with van der Waals surface area (Å²) in [5.41, 5.74) is -3.11. The first-order valence-corrected chi connectivity index (χ1v) is 25.7. The average Bonchev–Trinajstić information content (AvgIpc) is 3.25. The normalized spacial score (nSPS) is 11.8. The molecule has 0 aliphatic rings. The SMILES string of the molecule is COCCCCCCCCCCCC(=O)NC(COCCC(=O)NCCCNC(=O)OC(C)(C)C)(COCCC(=O)NCCCNC(=O)OC(C)(C)C)COCCC(=O)NCCCNC(=O)OC(C)(C)C. The van der Waals surface area contributed by atoms with E-state index >= 15 is 0 Å². The number of nitrogens with one attached hydrogen (secondary N) is 7. The lowest BCUT2D eigenvalue weighted by Crippen LogP contribution is -2.58. The number of ether oxygens (including phenoxy) is 7. The van der Waals surface area contributed by atoms with E-state index in [1.54, 1.807) is 69.4 Å². The van der Waals surface area contributed by atoms with Crippen molar-refractivity contribution in [3.05, 3.63) is 0 Å². The van der Waals surface area contributed by atoms with E-state index in [2.05, 4.69) is 37.2 Å². The summed E-state index contributed by atoms with van der Waals surface area (Å²) in [5.74, 6) is -1.05. The van der Waals surface area contributed by atoms with Gasteiger partial charge >= 0.3 is 18.3 Å². The summed E-state index contributed by atoms with van der Waals surface area (Å²) in [5, 5.41) is 19.5. The van der Waals surface area contributed by atoms with Crippen LogP contribution in [-0.2, 0) is 52.3 Å². The maximum absolute atomic E-state index is 13.6. The van der Waals surface area contributed by atoms with E-state index in [4.69, 9.17) is 33.2 Å². The number of amides is 7. The highest BCUT2D eigenvalue weighted by Gasteiger charge is 2.34. The van der Waals surface area contributed by atoms with Gasteiger partial charge in [0.25, 0.3) is 0 Å². The van der Waals surface area contributed by atoms with Crippen molar-refractivity contribution in [2.45, 2.75) is 187 Å². The third-order valence-corrected chi connectivity index (χ3v) is 9.74. The molecule has 0 bridgehead atoms. The van der Waals surface area contributed by atoms with Crippen LogP contribution in [0.2, 0.25) is 0 Å². The molecule has 0 rings (SSSR count). The standard InChI is InChI=1S/C50H95N7O14/c1-47(2,3)69-44(62)54-30-20-27-51-40(58)24-34-66-37-50(57-43(61)23-18-16-14-12-11-13-15-17-19-33-65-10,38-67-35-25-41(59)52-28-21-31-55-45(63)70-48(4,5)6)39-68-36-26-42(60)53-29-22-32-56-46(64)71-49(7,8)9/h11-39H2,1-10H3,(H,51,58)(H,52,59)(H,53,60)(H,54,62)(H,55,63)(H,56,64)(H,57,61). The van der Waals surface area contributed by atoms with E-state index in [0.29, 0.717) is 65.0 Å². The Balaban J connectivity index is 5.60. The van der Waals surface area contributed by atoms with Gasteiger partial charge in [0.1, 0.15) is 22.3 Å². The lowest BCUT2D eigenvalue weighted by molar-refractivity contribution is -0.130. The summed E-state index contributed by atoms with van der Waals surface area (Å²) in [6, 6.07) is 0. The number of carbonyl (C=O) groups is 7. The maximum Gasteiger partial charge on any atom is 0.407 e. The molecule has 0 aromatic carbocycles. The van der Waals surface area contributed by atoms with Gasteiger partial charge in [-0.3, -0.25) is 19.2 Å². The Morgan fingerprint density at radius 2 is 0.634 bits per heavy atom. The summed E-state index contributed by atoms with van der Waals surface area (Å²) in [7, 11) is 1.72. The molecule has 0 spiro atoms. The van der Waals surface area contributed by atoms with Gasteiger partial charge in [0.05, 0.1) is 39.6 Å². The van der Waals surface area contributed by atoms with Gasteiger partial charge in [-0.15, -0.1) is 0 Å². The lowest BCUT2D eigenvalue weighted by atomic mass is 10.0. The first-order valence-electron chi connectivity index (χ1n) is 25.7. The van der Waals surface area contributed by atoms with Crippen molar-refractivity contribution in [2.75, 3.05) is 92.6 Å². The molecule has 0 aliphatic carbocycles. The van der Waals surface area contributed by atoms with Crippen molar-refractivity contribution in [3.63, 3.8) is 0 Å². The summed E-state index contributed by atoms with van der Waals surface area (Å²) < 4.78 is 38.9. The average molecular weight is 1020 g/mol. The smallest absolute Gasteiger partial charge is 0.407 e. The van der Waals surface area contributed by atoms with Gasteiger partial charge < -0.3 is 70.4 Å². The van der Waals surface area contributed by atoms with Crippen LogP contribution < -0.4 is 37.2 Å². The summed E-state index contributed by atoms with van der Waals surface area (Å²) in [6.07, 6.45) is 9.52. The Hall–Kier alpha value is -4.47. The molecule has 21 heteroatoms. The van der Waals surface area contributed by atoms with E-state index in [9.17, 15) is 33.6 Å². The second kappa shape index (κ2) is 39.1. The molecular weight excluding hydrogens is 923 g/mol. The molecule has 0 radical (unpaired) electrons. The minimum Gasteiger partial charge on any atom is -0.444 e. The van der Waals surface area contributed by atoms with Crippen LogP contribution in [0.4, 0.5) is 14.4 Å². The third-order valence-electron chi connectivity index (χ3n) is 9.74. The first-order chi connectivity index (χ1) is 33.4. The van der Waals surface area contributed by atoms with Gasteiger partial charge in [-0.05, 0) is 94.4 Å². The molecule has 0 unspecified atom stereocenters. The summed E-state index contributed by atoms with van der Waals surface area (Å²) in [6.45, 7) is 18.3. The third kappa shape index (κ3) is 45.2. The van der Waals surface area contributed by atoms with Gasteiger partial charge in [0.15, 0.2) is 0 Å². The van der Waals surface area contributed by atoms with Crippen LogP contribution >= 0.6 is 0 Å². The molecule has 0 heterocycles. The van der Waals surface area contributed by atoms with Crippen LogP contribution in [0.3, 0.4) is 0 Å². The maximum atomic E-state index is 13.6. The molecule has 0 fully saturated rings. The van der Waals surface area contributed by atoms with Crippen LogP contribution in [-0.4, -0.2) is 157 Å². The van der Waals surface area contributed by atoms with Gasteiger partial charge in [0, 0.05) is 78.7 Å². The first kappa shape index (κ1) is 66.5. The Morgan fingerprint density at radius 1 is 0.338 bits per heavy atom. The second-order valence-electron chi connectivity index (χ2n) is 20.6. The van der Waals surface area contributed by atoms with Crippen molar-refractivity contribution in [3.8, 4) is 0 Å². The van der Waals surface area contributed by atoms with Gasteiger partial charge in [-0.2, -0.15) is 0 Å². The topological polar surface area (TPSA) is 268 Å². The van der Waals surface area contributed by atoms with E-state index in [-0.39, 0.29) is 89.0 Å². The van der Waals surface area contributed by atoms with Gasteiger partial charge in [-0.1, -0.05) is 44.9 Å². The molecule has 0 saturated heterocycles. The number of unbranched alkanes of at least 4 members (excludes halogenated alkanes) is 8. The molecule has 0 aliphatic heterocycles. The van der Waals surface area contributed by atoms with Crippen molar-refractivity contribution in [2.24, 2.45) is 0 Å². The largest absolute Gasteiger partial charge is 0.444 e. The van der Waals surface area contributed by atoms with Crippen molar-refractivity contribution in [1.29, 1.82) is 0 Å². The van der Waals surface area contributed by atoms with Crippen LogP contribution in [0.5, 0.6) is 0 Å². The van der Waals surface area contributed by atoms with E-state index in [1.807, 2.05) is 0 Å². The predicted molar refractivity (Wildman–Crippen MR) is 271 cm³/mol. The fourth-order valence-electron chi connectivity index (χ4n) is 6.39. The van der Waals surface area contributed by atoms with E-state index < -0.39 is 40.6 Å². The zero-order chi connectivity index (χ0) is 53.4. The van der Waals surface area contributed by atoms with Crippen LogP contribution in [0.15, 0.2) is 0 Å². The fourth-order valence-corrected chi connectivity index (χ4v) is 6.39. The zero-order valence-corrected chi connectivity index (χ0v) is 45.2. The number of rotatable bonds is 40. The van der Waals surface area contributed by atoms with Crippen LogP contribution in [0.1, 0.15) is 165 Å². The summed E-state index contributed by atoms with van der Waals surface area (Å²) in [4.78, 5) is 87.4. The molecule has 0 atom stereocenters. The summed E-state index contributed by atoms with van der Waals surface area (Å²) >= 11 is 0. The molecule has 0 saturated carbocycles. The van der Waals surface area contributed by atoms with Gasteiger partial charge in [0.2, 0.25) is 23.6 Å². The molecule has 0 aromatic heterocycles.